The van der Waals surface area contributed by atoms with Gasteiger partial charge in [-0.15, -0.1) is 0 Å². The van der Waals surface area contributed by atoms with Crippen molar-refractivity contribution in [2.24, 2.45) is 5.41 Å². The molecular formula is C19H42N2O2. The maximum absolute atomic E-state index is 9.82. The van der Waals surface area contributed by atoms with Crippen molar-refractivity contribution in [1.29, 1.82) is 0 Å². The van der Waals surface area contributed by atoms with Gasteiger partial charge in [0.1, 0.15) is 11.9 Å². The summed E-state index contributed by atoms with van der Waals surface area (Å²) in [7, 11) is 1.95. The van der Waals surface area contributed by atoms with Crippen LogP contribution in [0.4, 0.5) is 0 Å². The van der Waals surface area contributed by atoms with Crippen molar-refractivity contribution in [3.63, 3.8) is 0 Å². The van der Waals surface area contributed by atoms with Gasteiger partial charge in [0, 0.05) is 26.1 Å². The van der Waals surface area contributed by atoms with E-state index >= 15 is 0 Å². The highest BCUT2D eigenvalue weighted by Crippen LogP contribution is 2.15. The van der Waals surface area contributed by atoms with E-state index in [1.54, 1.807) is 0 Å². The molecule has 0 aliphatic heterocycles. The molecule has 0 spiro atoms. The predicted molar refractivity (Wildman–Crippen MR) is 103 cm³/mol. The number of nitrogens with zero attached hydrogens (tertiary/aromatic N) is 1. The normalized spacial score (nSPS) is 10.5. The lowest BCUT2D eigenvalue weighted by Gasteiger charge is -2.30. The largest absolute Gasteiger partial charge is 0.474 e. The Kier molecular flexibility index (Phi) is 17.0. The predicted octanol–water partition coefficient (Wildman–Crippen LogP) is 4.46. The van der Waals surface area contributed by atoms with Gasteiger partial charge in [-0.2, -0.15) is 0 Å². The van der Waals surface area contributed by atoms with E-state index in [1.807, 2.05) is 62.4 Å². The Hall–Kier alpha value is -1.03. The lowest BCUT2D eigenvalue weighted by atomic mass is 9.93. The van der Waals surface area contributed by atoms with Crippen molar-refractivity contribution >= 4 is 6.29 Å². The molecule has 0 rings (SSSR count). The average molecular weight is 331 g/mol. The summed E-state index contributed by atoms with van der Waals surface area (Å²) < 4.78 is 5.69. The van der Waals surface area contributed by atoms with Crippen LogP contribution in [0.1, 0.15) is 68.7 Å². The van der Waals surface area contributed by atoms with Crippen LogP contribution in [0.3, 0.4) is 0 Å². The first-order valence-electron chi connectivity index (χ1n) is 8.68. The number of nitrogens with one attached hydrogen (secondary N) is 1. The van der Waals surface area contributed by atoms with Gasteiger partial charge in [0.15, 0.2) is 5.88 Å². The fourth-order valence-corrected chi connectivity index (χ4v) is 1.37. The van der Waals surface area contributed by atoms with Gasteiger partial charge >= 0.3 is 0 Å². The molecule has 0 saturated carbocycles. The first-order valence-corrected chi connectivity index (χ1v) is 8.68. The molecular weight excluding hydrogens is 288 g/mol. The summed E-state index contributed by atoms with van der Waals surface area (Å²) in [5, 5.41) is 3.11. The zero-order chi connectivity index (χ0) is 19.1. The van der Waals surface area contributed by atoms with E-state index in [2.05, 4.69) is 23.7 Å². The minimum Gasteiger partial charge on any atom is -0.474 e. The molecule has 0 saturated heterocycles. The lowest BCUT2D eigenvalue weighted by molar-refractivity contribution is -0.109. The summed E-state index contributed by atoms with van der Waals surface area (Å²) in [4.78, 5) is 11.9. The van der Waals surface area contributed by atoms with Gasteiger partial charge in [0.25, 0.3) is 0 Å². The van der Waals surface area contributed by atoms with Crippen molar-refractivity contribution in [1.82, 2.24) is 10.2 Å². The minimum absolute atomic E-state index is 0.163. The Bertz CT molecular complexity index is 289. The first kappa shape index (κ1) is 26.8. The molecule has 0 aliphatic rings. The van der Waals surface area contributed by atoms with E-state index in [0.29, 0.717) is 6.42 Å². The summed E-state index contributed by atoms with van der Waals surface area (Å²) in [6, 6.07) is 0. The van der Waals surface area contributed by atoms with Crippen LogP contribution >= 0.6 is 0 Å². The Morgan fingerprint density at radius 1 is 1.17 bits per heavy atom. The summed E-state index contributed by atoms with van der Waals surface area (Å²) in [5.74, 6) is 0.759. The summed E-state index contributed by atoms with van der Waals surface area (Å²) in [6.45, 7) is 25.1. The Morgan fingerprint density at radius 2 is 1.65 bits per heavy atom. The smallest absolute Gasteiger partial charge is 0.182 e. The number of aldehydes is 1. The van der Waals surface area contributed by atoms with E-state index in [9.17, 15) is 4.79 Å². The highest BCUT2D eigenvalue weighted by molar-refractivity contribution is 5.50. The molecule has 0 heterocycles. The number of rotatable bonds is 7. The molecule has 0 bridgehead atoms. The van der Waals surface area contributed by atoms with Gasteiger partial charge in [-0.25, -0.2) is 0 Å². The molecule has 23 heavy (non-hydrogen) atoms. The number of ether oxygens (including phenoxy) is 1. The van der Waals surface area contributed by atoms with Crippen molar-refractivity contribution in [3.05, 3.63) is 12.5 Å². The topological polar surface area (TPSA) is 41.6 Å². The summed E-state index contributed by atoms with van der Waals surface area (Å²) in [5.41, 5.74) is 0.0197. The molecule has 0 aromatic carbocycles. The molecule has 0 fully saturated rings. The molecule has 1 N–H and O–H groups in total. The number of likely N-dealkylation sites (N-methyl/N-ethyl adjacent to an activating group) is 2. The van der Waals surface area contributed by atoms with E-state index in [1.165, 1.54) is 0 Å². The van der Waals surface area contributed by atoms with Gasteiger partial charge in [-0.1, -0.05) is 34.6 Å². The van der Waals surface area contributed by atoms with Crippen molar-refractivity contribution < 1.29 is 9.53 Å². The molecule has 0 atom stereocenters. The van der Waals surface area contributed by atoms with Crippen LogP contribution in [0.15, 0.2) is 12.5 Å². The van der Waals surface area contributed by atoms with Gasteiger partial charge in [-0.3, -0.25) is 0 Å². The van der Waals surface area contributed by atoms with Crippen LogP contribution in [0, 0.1) is 5.41 Å². The van der Waals surface area contributed by atoms with Gasteiger partial charge in [0.2, 0.25) is 0 Å². The fourth-order valence-electron chi connectivity index (χ4n) is 1.37. The van der Waals surface area contributed by atoms with Crippen LogP contribution in [-0.2, 0) is 9.53 Å². The second-order valence-corrected chi connectivity index (χ2v) is 7.22. The molecule has 4 nitrogen and oxygen atoms in total. The quantitative estimate of drug-likeness (QED) is 0.553. The Labute approximate surface area is 145 Å². The lowest BCUT2D eigenvalue weighted by Crippen LogP contribution is -2.33. The van der Waals surface area contributed by atoms with Gasteiger partial charge < -0.3 is 19.7 Å². The second kappa shape index (κ2) is 14.6. The zero-order valence-corrected chi connectivity index (χ0v) is 17.4. The van der Waals surface area contributed by atoms with Crippen LogP contribution < -0.4 is 5.32 Å². The molecule has 0 aliphatic carbocycles. The van der Waals surface area contributed by atoms with Crippen LogP contribution in [0.25, 0.3) is 0 Å². The standard InChI is InChI=1S/C11H24N2O.C6H12O.C2H6/c1-7-13(9-8-12-6)10(2)14-11(3,4)5;1-6(2,3)4-5-7;1-2/h12H,2,7-9H2,1,3-6H3;5H,4H2,1-3H3;1-2H3. The van der Waals surface area contributed by atoms with Crippen LogP contribution in [-0.4, -0.2) is 43.5 Å². The fraction of sp³-hybridized carbons (Fsp3) is 0.842. The Morgan fingerprint density at radius 3 is 1.87 bits per heavy atom. The maximum atomic E-state index is 9.82. The molecule has 4 heteroatoms. The monoisotopic (exact) mass is 330 g/mol. The molecule has 0 aromatic rings. The van der Waals surface area contributed by atoms with E-state index in [-0.39, 0.29) is 11.0 Å². The first-order chi connectivity index (χ1) is 10.5. The van der Waals surface area contributed by atoms with Gasteiger partial charge in [-0.05, 0) is 46.7 Å². The average Bonchev–Trinajstić information content (AvgIpc) is 2.39. The van der Waals surface area contributed by atoms with Crippen molar-refractivity contribution in [3.8, 4) is 0 Å². The van der Waals surface area contributed by atoms with Crippen LogP contribution in [0.5, 0.6) is 0 Å². The highest BCUT2D eigenvalue weighted by Gasteiger charge is 2.15. The third kappa shape index (κ3) is 23.4. The third-order valence-electron chi connectivity index (χ3n) is 2.49. The molecule has 0 aromatic heterocycles. The highest BCUT2D eigenvalue weighted by atomic mass is 16.5. The summed E-state index contributed by atoms with van der Waals surface area (Å²) in [6.07, 6.45) is 1.62. The van der Waals surface area contributed by atoms with E-state index < -0.39 is 0 Å². The van der Waals surface area contributed by atoms with E-state index in [4.69, 9.17) is 4.74 Å². The molecule has 140 valence electrons. The molecule has 0 amide bonds. The van der Waals surface area contributed by atoms with Crippen molar-refractivity contribution in [2.45, 2.75) is 74.3 Å². The number of carbonyl (C=O) groups is 1. The number of hydrogen-bond donors (Lipinski definition) is 1. The molecule has 0 unspecified atom stereocenters. The second-order valence-electron chi connectivity index (χ2n) is 7.22. The van der Waals surface area contributed by atoms with Crippen LogP contribution in [0.2, 0.25) is 0 Å². The zero-order valence-electron chi connectivity index (χ0n) is 17.4. The van der Waals surface area contributed by atoms with Crippen molar-refractivity contribution in [2.75, 3.05) is 26.7 Å². The number of hydrogen-bond acceptors (Lipinski definition) is 4. The summed E-state index contributed by atoms with van der Waals surface area (Å²) >= 11 is 0. The molecule has 0 radical (unpaired) electrons. The Balaban J connectivity index is -0.000000373. The third-order valence-corrected chi connectivity index (χ3v) is 2.49. The van der Waals surface area contributed by atoms with E-state index in [0.717, 1.165) is 31.8 Å². The number of carbonyl (C=O) groups excluding carboxylic acids is 1. The van der Waals surface area contributed by atoms with Gasteiger partial charge in [0.05, 0.1) is 0 Å². The minimum atomic E-state index is -0.163. The maximum Gasteiger partial charge on any atom is 0.182 e. The SMILES string of the molecule is C=C(OC(C)(C)C)N(CC)CCNC.CC.CC(C)(C)CC=O.